The van der Waals surface area contributed by atoms with Gasteiger partial charge in [-0.1, -0.05) is 19.3 Å². The summed E-state index contributed by atoms with van der Waals surface area (Å²) in [6, 6.07) is 1.96. The summed E-state index contributed by atoms with van der Waals surface area (Å²) in [5, 5.41) is 3.32. The van der Waals surface area contributed by atoms with E-state index in [1.54, 1.807) is 6.92 Å². The highest BCUT2D eigenvalue weighted by molar-refractivity contribution is 5.90. The smallest absolute Gasteiger partial charge is 0.417 e. The zero-order valence-electron chi connectivity index (χ0n) is 18.0. The zero-order valence-corrected chi connectivity index (χ0v) is 18.0. The lowest BCUT2D eigenvalue weighted by Crippen LogP contribution is -2.44. The summed E-state index contributed by atoms with van der Waals surface area (Å²) in [7, 11) is 0. The van der Waals surface area contributed by atoms with Crippen LogP contribution in [0.4, 0.5) is 19.1 Å². The Morgan fingerprint density at radius 3 is 2.52 bits per heavy atom. The second-order valence-corrected chi connectivity index (χ2v) is 8.67. The number of nitrogens with zero attached hydrogens (tertiary/aromatic N) is 3. The van der Waals surface area contributed by atoms with Gasteiger partial charge in [-0.3, -0.25) is 0 Å². The molecular weight excluding hydrogens is 409 g/mol. The number of alkyl halides is 3. The first kappa shape index (κ1) is 21.9. The van der Waals surface area contributed by atoms with E-state index in [1.807, 2.05) is 13.0 Å². The normalized spacial score (nSPS) is 18.5. The van der Waals surface area contributed by atoms with Gasteiger partial charge in [-0.15, -0.1) is 0 Å². The van der Waals surface area contributed by atoms with Gasteiger partial charge in [0.1, 0.15) is 5.52 Å². The third-order valence-electron chi connectivity index (χ3n) is 6.48. The Hall–Kier alpha value is -2.29. The lowest BCUT2D eigenvalue weighted by Gasteiger charge is -2.30. The molecule has 9 heteroatoms. The van der Waals surface area contributed by atoms with Crippen LogP contribution >= 0.6 is 0 Å². The first-order valence-electron chi connectivity index (χ1n) is 11.0. The molecule has 1 aromatic heterocycles. The van der Waals surface area contributed by atoms with Crippen LogP contribution in [-0.4, -0.2) is 47.9 Å². The van der Waals surface area contributed by atoms with E-state index in [-0.39, 0.29) is 5.75 Å². The van der Waals surface area contributed by atoms with Crippen molar-refractivity contribution in [3.63, 3.8) is 0 Å². The highest BCUT2D eigenvalue weighted by atomic mass is 19.4. The molecule has 0 unspecified atom stereocenters. The number of imidazole rings is 1. The number of carbonyl (C=O) groups excluding carboxylic acids is 1. The van der Waals surface area contributed by atoms with E-state index in [0.717, 1.165) is 62.6 Å². The summed E-state index contributed by atoms with van der Waals surface area (Å²) < 4.78 is 45.8. The number of ether oxygens (including phenoxy) is 1. The topological polar surface area (TPSA) is 59.4 Å². The van der Waals surface area contributed by atoms with Gasteiger partial charge in [0.25, 0.3) is 0 Å². The molecule has 4 rings (SSSR count). The molecule has 2 fully saturated rings. The second-order valence-electron chi connectivity index (χ2n) is 8.67. The lowest BCUT2D eigenvalue weighted by molar-refractivity contribution is -0.189. The Morgan fingerprint density at radius 2 is 1.87 bits per heavy atom. The van der Waals surface area contributed by atoms with Crippen LogP contribution in [0.3, 0.4) is 0 Å². The van der Waals surface area contributed by atoms with E-state index in [0.29, 0.717) is 17.0 Å². The molecule has 0 amide bonds. The van der Waals surface area contributed by atoms with E-state index < -0.39 is 12.1 Å². The fourth-order valence-corrected chi connectivity index (χ4v) is 4.63. The molecule has 6 nitrogen and oxygen atoms in total. The minimum absolute atomic E-state index is 0.0869. The number of aromatic nitrogens is 2. The van der Waals surface area contributed by atoms with Gasteiger partial charge in [0.05, 0.1) is 5.52 Å². The first-order valence-corrected chi connectivity index (χ1v) is 11.0. The van der Waals surface area contributed by atoms with Crippen molar-refractivity contribution >= 4 is 23.0 Å². The molecular formula is C22H29F3N4O2. The predicted octanol–water partition coefficient (Wildman–Crippen LogP) is 4.11. The Kier molecular flexibility index (Phi) is 6.14. The highest BCUT2D eigenvalue weighted by Crippen LogP contribution is 2.37. The first-order chi connectivity index (χ1) is 14.8. The van der Waals surface area contributed by atoms with Crippen molar-refractivity contribution in [2.24, 2.45) is 5.92 Å². The maximum Gasteiger partial charge on any atom is 0.491 e. The summed E-state index contributed by atoms with van der Waals surface area (Å²) in [6.45, 7) is 7.43. The van der Waals surface area contributed by atoms with Gasteiger partial charge in [0.15, 0.2) is 5.75 Å². The summed E-state index contributed by atoms with van der Waals surface area (Å²) in [5.41, 5.74) is 2.32. The molecule has 0 bridgehead atoms. The molecule has 1 saturated heterocycles. The number of nitrogens with one attached hydrogen (secondary N) is 1. The number of esters is 1. The molecule has 1 N–H and O–H groups in total. The third kappa shape index (κ3) is 4.51. The number of aryl methyl sites for hydroxylation is 1. The maximum absolute atomic E-state index is 12.9. The van der Waals surface area contributed by atoms with Crippen molar-refractivity contribution in [3.05, 3.63) is 17.2 Å². The molecule has 0 atom stereocenters. The van der Waals surface area contributed by atoms with Gasteiger partial charge in [-0.05, 0) is 49.8 Å². The molecule has 1 aromatic carbocycles. The lowest BCUT2D eigenvalue weighted by atomic mass is 9.89. The monoisotopic (exact) mass is 438 g/mol. The van der Waals surface area contributed by atoms with Gasteiger partial charge in [-0.2, -0.15) is 13.2 Å². The number of rotatable bonds is 4. The van der Waals surface area contributed by atoms with Crippen molar-refractivity contribution < 1.29 is 22.7 Å². The predicted molar refractivity (Wildman–Crippen MR) is 113 cm³/mol. The highest BCUT2D eigenvalue weighted by Gasteiger charge is 2.42. The molecule has 2 heterocycles. The number of fused-ring (bicyclic) bond motifs is 1. The van der Waals surface area contributed by atoms with E-state index >= 15 is 0 Å². The Bertz CT molecular complexity index is 958. The molecule has 1 aliphatic carbocycles. The molecule has 2 aromatic rings. The van der Waals surface area contributed by atoms with Crippen molar-refractivity contribution in [2.75, 3.05) is 31.1 Å². The standard InChI is InChI=1S/C22H29F3N4O2/c1-14-12-17-18(19(15(14)2)31-20(30)22(23,24)25)27-21(28-10-8-26-9-11-28)29(17)13-16-6-4-3-5-7-16/h12,16,26H,3-11,13H2,1-2H3. The van der Waals surface area contributed by atoms with Crippen LogP contribution in [0.2, 0.25) is 0 Å². The van der Waals surface area contributed by atoms with Crippen LogP contribution in [0, 0.1) is 19.8 Å². The SMILES string of the molecule is Cc1cc2c(nc(N3CCNCC3)n2CC2CCCCC2)c(OC(=O)C(F)(F)F)c1C. The van der Waals surface area contributed by atoms with E-state index in [2.05, 4.69) is 14.8 Å². The number of halogens is 3. The third-order valence-corrected chi connectivity index (χ3v) is 6.48. The van der Waals surface area contributed by atoms with Crippen molar-refractivity contribution in [1.82, 2.24) is 14.9 Å². The van der Waals surface area contributed by atoms with E-state index in [9.17, 15) is 18.0 Å². The van der Waals surface area contributed by atoms with E-state index in [1.165, 1.54) is 19.3 Å². The summed E-state index contributed by atoms with van der Waals surface area (Å²) in [6.07, 6.45) is 0.874. The number of piperazine rings is 1. The van der Waals surface area contributed by atoms with Crippen molar-refractivity contribution in [3.8, 4) is 5.75 Å². The van der Waals surface area contributed by atoms with Crippen LogP contribution in [0.15, 0.2) is 6.07 Å². The number of carbonyl (C=O) groups is 1. The molecule has 1 aliphatic heterocycles. The average Bonchev–Trinajstić information content (AvgIpc) is 3.09. The fraction of sp³-hybridized carbons (Fsp3) is 0.636. The molecule has 0 spiro atoms. The molecule has 0 radical (unpaired) electrons. The summed E-state index contributed by atoms with van der Waals surface area (Å²) in [4.78, 5) is 18.6. The minimum Gasteiger partial charge on any atom is -0.417 e. The fourth-order valence-electron chi connectivity index (χ4n) is 4.63. The average molecular weight is 438 g/mol. The molecule has 1 saturated carbocycles. The minimum atomic E-state index is -5.06. The zero-order chi connectivity index (χ0) is 22.2. The summed E-state index contributed by atoms with van der Waals surface area (Å²) >= 11 is 0. The van der Waals surface area contributed by atoms with Gasteiger partial charge in [0.2, 0.25) is 5.95 Å². The van der Waals surface area contributed by atoms with Crippen LogP contribution in [0.5, 0.6) is 5.75 Å². The second kappa shape index (κ2) is 8.68. The molecule has 31 heavy (non-hydrogen) atoms. The molecule has 170 valence electrons. The van der Waals surface area contributed by atoms with Gasteiger partial charge < -0.3 is 19.5 Å². The Morgan fingerprint density at radius 1 is 1.19 bits per heavy atom. The van der Waals surface area contributed by atoms with Crippen LogP contribution < -0.4 is 15.0 Å². The van der Waals surface area contributed by atoms with Crippen LogP contribution in [0.1, 0.15) is 43.2 Å². The Labute approximate surface area is 179 Å². The number of hydrogen-bond donors (Lipinski definition) is 1. The van der Waals surface area contributed by atoms with Crippen LogP contribution in [-0.2, 0) is 11.3 Å². The van der Waals surface area contributed by atoms with Crippen molar-refractivity contribution in [1.29, 1.82) is 0 Å². The van der Waals surface area contributed by atoms with E-state index in [4.69, 9.17) is 9.72 Å². The van der Waals surface area contributed by atoms with Gasteiger partial charge >= 0.3 is 12.1 Å². The van der Waals surface area contributed by atoms with Gasteiger partial charge in [0, 0.05) is 32.7 Å². The number of benzene rings is 1. The summed E-state index contributed by atoms with van der Waals surface area (Å²) in [5.74, 6) is -1.05. The number of hydrogen-bond acceptors (Lipinski definition) is 5. The Balaban J connectivity index is 1.83. The van der Waals surface area contributed by atoms with Crippen molar-refractivity contribution in [2.45, 2.75) is 58.7 Å². The van der Waals surface area contributed by atoms with Crippen LogP contribution in [0.25, 0.3) is 11.0 Å². The number of anilines is 1. The molecule has 2 aliphatic rings. The largest absolute Gasteiger partial charge is 0.491 e. The van der Waals surface area contributed by atoms with Gasteiger partial charge in [-0.25, -0.2) is 9.78 Å². The maximum atomic E-state index is 12.9. The quantitative estimate of drug-likeness (QED) is 0.575.